The average Bonchev–Trinajstić information content (AvgIpc) is 2.38. The van der Waals surface area contributed by atoms with Crippen molar-refractivity contribution in [2.75, 3.05) is 26.2 Å². The Hall–Kier alpha value is -1.88. The third-order valence-corrected chi connectivity index (χ3v) is 3.09. The third kappa shape index (κ3) is 4.37. The first kappa shape index (κ1) is 13.5. The van der Waals surface area contributed by atoms with Crippen LogP contribution >= 0.6 is 0 Å². The zero-order valence-corrected chi connectivity index (χ0v) is 11.1. The van der Waals surface area contributed by atoms with Gasteiger partial charge in [0.05, 0.1) is 13.1 Å². The van der Waals surface area contributed by atoms with Gasteiger partial charge in [-0.25, -0.2) is 0 Å². The number of nitrogens with zero attached hydrogens (tertiary/aromatic N) is 1. The number of nitrogens with one attached hydrogen (secondary N) is 2. The van der Waals surface area contributed by atoms with Gasteiger partial charge in [0.25, 0.3) is 0 Å². The molecule has 0 bridgehead atoms. The highest BCUT2D eigenvalue weighted by molar-refractivity contribution is 5.81. The summed E-state index contributed by atoms with van der Waals surface area (Å²) < 4.78 is 0. The van der Waals surface area contributed by atoms with E-state index in [4.69, 9.17) is 0 Å². The van der Waals surface area contributed by atoms with Gasteiger partial charge in [-0.3, -0.25) is 14.5 Å². The number of rotatable bonds is 4. The van der Waals surface area contributed by atoms with Crippen molar-refractivity contribution in [3.63, 3.8) is 0 Å². The number of piperazine rings is 1. The van der Waals surface area contributed by atoms with Crippen LogP contribution in [0.15, 0.2) is 24.3 Å². The summed E-state index contributed by atoms with van der Waals surface area (Å²) in [5.74, 6) is -0.0622. The number of carbonyl (C=O) groups excluding carboxylic acids is 2. The maximum atomic E-state index is 11.8. The van der Waals surface area contributed by atoms with Crippen molar-refractivity contribution < 1.29 is 9.59 Å². The molecule has 1 heterocycles. The first-order chi connectivity index (χ1) is 9.13. The molecule has 1 aromatic carbocycles. The van der Waals surface area contributed by atoms with E-state index >= 15 is 0 Å². The second-order valence-electron chi connectivity index (χ2n) is 4.82. The molecular formula is C14H19N3O2. The maximum Gasteiger partial charge on any atom is 0.234 e. The van der Waals surface area contributed by atoms with E-state index in [9.17, 15) is 9.59 Å². The van der Waals surface area contributed by atoms with E-state index in [-0.39, 0.29) is 18.4 Å². The number of aryl methyl sites for hydroxylation is 1. The van der Waals surface area contributed by atoms with Crippen LogP contribution in [0, 0.1) is 6.92 Å². The molecule has 0 aromatic heterocycles. The highest BCUT2D eigenvalue weighted by atomic mass is 16.2. The lowest BCUT2D eigenvalue weighted by molar-refractivity contribution is -0.127. The molecule has 2 amide bonds. The lowest BCUT2D eigenvalue weighted by Gasteiger charge is -2.25. The predicted octanol–water partition coefficient (Wildman–Crippen LogP) is 0.0430. The highest BCUT2D eigenvalue weighted by Gasteiger charge is 2.18. The molecule has 0 unspecified atom stereocenters. The maximum absolute atomic E-state index is 11.8. The van der Waals surface area contributed by atoms with Crippen LogP contribution in [0.4, 0.5) is 0 Å². The SMILES string of the molecule is Cc1ccc(CNC(=O)CN2CCNC(=O)C2)cc1. The van der Waals surface area contributed by atoms with Crippen molar-refractivity contribution in [3.05, 3.63) is 35.4 Å². The molecule has 1 fully saturated rings. The quantitative estimate of drug-likeness (QED) is 0.804. The van der Waals surface area contributed by atoms with Gasteiger partial charge < -0.3 is 10.6 Å². The van der Waals surface area contributed by atoms with Gasteiger partial charge in [0, 0.05) is 19.6 Å². The summed E-state index contributed by atoms with van der Waals surface area (Å²) in [6.45, 7) is 4.48. The Morgan fingerprint density at radius 2 is 2.11 bits per heavy atom. The van der Waals surface area contributed by atoms with Gasteiger partial charge in [-0.15, -0.1) is 0 Å². The number of hydrogen-bond acceptors (Lipinski definition) is 3. The molecule has 102 valence electrons. The number of benzene rings is 1. The third-order valence-electron chi connectivity index (χ3n) is 3.09. The fraction of sp³-hybridized carbons (Fsp3) is 0.429. The van der Waals surface area contributed by atoms with Crippen LogP contribution in [0.25, 0.3) is 0 Å². The lowest BCUT2D eigenvalue weighted by Crippen LogP contribution is -2.50. The van der Waals surface area contributed by atoms with E-state index < -0.39 is 0 Å². The van der Waals surface area contributed by atoms with Crippen LogP contribution in [0.1, 0.15) is 11.1 Å². The van der Waals surface area contributed by atoms with E-state index in [1.165, 1.54) is 5.56 Å². The first-order valence-corrected chi connectivity index (χ1v) is 6.45. The summed E-state index contributed by atoms with van der Waals surface area (Å²) >= 11 is 0. The minimum absolute atomic E-state index is 0.0161. The summed E-state index contributed by atoms with van der Waals surface area (Å²) in [6.07, 6.45) is 0. The molecule has 5 heteroatoms. The second kappa shape index (κ2) is 6.33. The largest absolute Gasteiger partial charge is 0.354 e. The molecule has 5 nitrogen and oxygen atoms in total. The van der Waals surface area contributed by atoms with Crippen molar-refractivity contribution in [3.8, 4) is 0 Å². The fourth-order valence-corrected chi connectivity index (χ4v) is 1.99. The Bertz CT molecular complexity index is 456. The minimum Gasteiger partial charge on any atom is -0.354 e. The van der Waals surface area contributed by atoms with Gasteiger partial charge in [0.2, 0.25) is 11.8 Å². The molecule has 0 atom stereocenters. The van der Waals surface area contributed by atoms with Crippen molar-refractivity contribution in [1.29, 1.82) is 0 Å². The van der Waals surface area contributed by atoms with Gasteiger partial charge in [-0.2, -0.15) is 0 Å². The summed E-state index contributed by atoms with van der Waals surface area (Å²) in [5.41, 5.74) is 2.28. The van der Waals surface area contributed by atoms with Gasteiger partial charge >= 0.3 is 0 Å². The molecule has 2 N–H and O–H groups in total. The van der Waals surface area contributed by atoms with Crippen molar-refractivity contribution >= 4 is 11.8 Å². The monoisotopic (exact) mass is 261 g/mol. The van der Waals surface area contributed by atoms with Crippen LogP contribution in [0.3, 0.4) is 0 Å². The van der Waals surface area contributed by atoms with E-state index in [0.29, 0.717) is 19.6 Å². The predicted molar refractivity (Wildman–Crippen MR) is 72.5 cm³/mol. The van der Waals surface area contributed by atoms with E-state index in [1.807, 2.05) is 36.1 Å². The molecule has 2 rings (SSSR count). The fourth-order valence-electron chi connectivity index (χ4n) is 1.99. The number of amides is 2. The van der Waals surface area contributed by atoms with Crippen molar-refractivity contribution in [2.24, 2.45) is 0 Å². The van der Waals surface area contributed by atoms with Gasteiger partial charge in [-0.1, -0.05) is 29.8 Å². The molecule has 0 spiro atoms. The Morgan fingerprint density at radius 1 is 1.37 bits per heavy atom. The lowest BCUT2D eigenvalue weighted by atomic mass is 10.1. The molecule has 1 aliphatic heterocycles. The Morgan fingerprint density at radius 3 is 2.79 bits per heavy atom. The van der Waals surface area contributed by atoms with E-state index in [2.05, 4.69) is 10.6 Å². The summed E-state index contributed by atoms with van der Waals surface area (Å²) in [6, 6.07) is 8.06. The zero-order valence-electron chi connectivity index (χ0n) is 11.1. The van der Waals surface area contributed by atoms with Crippen LogP contribution in [0.5, 0.6) is 0 Å². The molecule has 1 aromatic rings. The van der Waals surface area contributed by atoms with E-state index in [1.54, 1.807) is 0 Å². The minimum atomic E-state index is -0.0460. The molecular weight excluding hydrogens is 242 g/mol. The van der Waals surface area contributed by atoms with Crippen LogP contribution in [0.2, 0.25) is 0 Å². The Labute approximate surface area is 113 Å². The topological polar surface area (TPSA) is 61.4 Å². The van der Waals surface area contributed by atoms with Crippen LogP contribution in [-0.2, 0) is 16.1 Å². The molecule has 0 saturated carbocycles. The smallest absolute Gasteiger partial charge is 0.234 e. The summed E-state index contributed by atoms with van der Waals surface area (Å²) in [4.78, 5) is 24.8. The standard InChI is InChI=1S/C14H19N3O2/c1-11-2-4-12(5-3-11)8-16-14(19)10-17-7-6-15-13(18)9-17/h2-5H,6-10H2,1H3,(H,15,18)(H,16,19). The molecule has 0 radical (unpaired) electrons. The Kier molecular flexibility index (Phi) is 4.52. The Balaban J connectivity index is 1.75. The summed E-state index contributed by atoms with van der Waals surface area (Å²) in [5, 5.41) is 5.60. The highest BCUT2D eigenvalue weighted by Crippen LogP contribution is 2.02. The van der Waals surface area contributed by atoms with Crippen LogP contribution < -0.4 is 10.6 Å². The average molecular weight is 261 g/mol. The molecule has 0 aliphatic carbocycles. The number of carbonyl (C=O) groups is 2. The molecule has 19 heavy (non-hydrogen) atoms. The van der Waals surface area contributed by atoms with Crippen molar-refractivity contribution in [1.82, 2.24) is 15.5 Å². The molecule has 1 aliphatic rings. The van der Waals surface area contributed by atoms with Crippen LogP contribution in [-0.4, -0.2) is 42.9 Å². The van der Waals surface area contributed by atoms with E-state index in [0.717, 1.165) is 12.1 Å². The first-order valence-electron chi connectivity index (χ1n) is 6.45. The van der Waals surface area contributed by atoms with Crippen molar-refractivity contribution in [2.45, 2.75) is 13.5 Å². The van der Waals surface area contributed by atoms with Gasteiger partial charge in [0.15, 0.2) is 0 Å². The summed E-state index contributed by atoms with van der Waals surface area (Å²) in [7, 11) is 0. The second-order valence-corrected chi connectivity index (χ2v) is 4.82. The molecule has 1 saturated heterocycles. The number of hydrogen-bond donors (Lipinski definition) is 2. The zero-order chi connectivity index (χ0) is 13.7. The van der Waals surface area contributed by atoms with Gasteiger partial charge in [0.1, 0.15) is 0 Å². The van der Waals surface area contributed by atoms with Gasteiger partial charge in [-0.05, 0) is 12.5 Å². The normalized spacial score (nSPS) is 15.9.